The molecular weight excluding hydrogens is 224 g/mol. The highest BCUT2D eigenvalue weighted by Gasteiger charge is 2.27. The van der Waals surface area contributed by atoms with E-state index in [1.807, 2.05) is 6.07 Å². The van der Waals surface area contributed by atoms with Crippen LogP contribution >= 0.6 is 0 Å². The Hall–Kier alpha value is -0.900. The molecule has 1 heterocycles. The van der Waals surface area contributed by atoms with E-state index < -0.39 is 0 Å². The molecule has 18 heavy (non-hydrogen) atoms. The molecule has 0 amide bonds. The highest BCUT2D eigenvalue weighted by Crippen LogP contribution is 2.16. The van der Waals surface area contributed by atoms with Crippen molar-refractivity contribution in [3.05, 3.63) is 35.9 Å². The van der Waals surface area contributed by atoms with Crippen LogP contribution in [0, 0.1) is 0 Å². The second-order valence-corrected chi connectivity index (χ2v) is 5.46. The van der Waals surface area contributed by atoms with E-state index in [4.69, 9.17) is 0 Å². The highest BCUT2D eigenvalue weighted by molar-refractivity contribution is 5.16. The standard InChI is InChI=1S/C15H24N2O/c1-12-8-14(10-17(12)2)16-15(11-18)9-13-6-4-3-5-7-13/h3-7,12,14-16,18H,8-11H2,1-2H3. The van der Waals surface area contributed by atoms with Crippen molar-refractivity contribution in [2.75, 3.05) is 20.2 Å². The molecule has 0 saturated carbocycles. The van der Waals surface area contributed by atoms with E-state index in [1.165, 1.54) is 12.0 Å². The molecule has 0 spiro atoms. The van der Waals surface area contributed by atoms with Gasteiger partial charge in [0.25, 0.3) is 0 Å². The van der Waals surface area contributed by atoms with E-state index >= 15 is 0 Å². The number of nitrogens with one attached hydrogen (secondary N) is 1. The van der Waals surface area contributed by atoms with Crippen LogP contribution in [0.25, 0.3) is 0 Å². The van der Waals surface area contributed by atoms with Crippen molar-refractivity contribution in [3.8, 4) is 0 Å². The summed E-state index contributed by atoms with van der Waals surface area (Å²) < 4.78 is 0. The zero-order chi connectivity index (χ0) is 13.0. The molecule has 0 aromatic heterocycles. The van der Waals surface area contributed by atoms with Crippen LogP contribution in [0.2, 0.25) is 0 Å². The number of benzene rings is 1. The Bertz CT molecular complexity index is 345. The number of nitrogens with zero attached hydrogens (tertiary/aromatic N) is 1. The van der Waals surface area contributed by atoms with Gasteiger partial charge >= 0.3 is 0 Å². The third-order valence-corrected chi connectivity index (χ3v) is 3.90. The molecular formula is C15H24N2O. The number of likely N-dealkylation sites (tertiary alicyclic amines) is 1. The maximum atomic E-state index is 9.50. The first kappa shape index (κ1) is 13.5. The number of likely N-dealkylation sites (N-methyl/N-ethyl adjacent to an activating group) is 1. The van der Waals surface area contributed by atoms with E-state index in [2.05, 4.69) is 48.5 Å². The molecule has 1 aliphatic rings. The van der Waals surface area contributed by atoms with Crippen LogP contribution in [0.5, 0.6) is 0 Å². The fourth-order valence-electron chi connectivity index (χ4n) is 2.72. The lowest BCUT2D eigenvalue weighted by Crippen LogP contribution is -2.43. The average molecular weight is 248 g/mol. The summed E-state index contributed by atoms with van der Waals surface area (Å²) in [7, 11) is 2.16. The second-order valence-electron chi connectivity index (χ2n) is 5.46. The van der Waals surface area contributed by atoms with Crippen LogP contribution in [0.15, 0.2) is 30.3 Å². The summed E-state index contributed by atoms with van der Waals surface area (Å²) in [6.45, 7) is 3.53. The largest absolute Gasteiger partial charge is 0.395 e. The summed E-state index contributed by atoms with van der Waals surface area (Å²) in [5, 5.41) is 13.1. The van der Waals surface area contributed by atoms with Crippen molar-refractivity contribution < 1.29 is 5.11 Å². The third kappa shape index (κ3) is 3.55. The molecule has 100 valence electrons. The van der Waals surface area contributed by atoms with Crippen molar-refractivity contribution in [1.29, 1.82) is 0 Å². The Morgan fingerprint density at radius 3 is 2.67 bits per heavy atom. The van der Waals surface area contributed by atoms with Gasteiger partial charge in [-0.3, -0.25) is 0 Å². The van der Waals surface area contributed by atoms with Gasteiger partial charge < -0.3 is 15.3 Å². The normalized spacial score (nSPS) is 26.4. The number of hydrogen-bond donors (Lipinski definition) is 2. The first-order chi connectivity index (χ1) is 8.69. The molecule has 3 unspecified atom stereocenters. The fraction of sp³-hybridized carbons (Fsp3) is 0.600. The predicted octanol–water partition coefficient (Wildman–Crippen LogP) is 1.27. The van der Waals surface area contributed by atoms with Crippen molar-refractivity contribution in [3.63, 3.8) is 0 Å². The van der Waals surface area contributed by atoms with E-state index in [0.29, 0.717) is 12.1 Å². The van der Waals surface area contributed by atoms with Gasteiger partial charge in [-0.1, -0.05) is 30.3 Å². The van der Waals surface area contributed by atoms with E-state index in [9.17, 15) is 5.11 Å². The average Bonchev–Trinajstić information content (AvgIpc) is 2.69. The molecule has 3 atom stereocenters. The van der Waals surface area contributed by atoms with Gasteiger partial charge in [0.1, 0.15) is 0 Å². The van der Waals surface area contributed by atoms with Crippen LogP contribution in [0.4, 0.5) is 0 Å². The minimum Gasteiger partial charge on any atom is -0.395 e. The highest BCUT2D eigenvalue weighted by atomic mass is 16.3. The van der Waals surface area contributed by atoms with E-state index in [0.717, 1.165) is 13.0 Å². The van der Waals surface area contributed by atoms with Gasteiger partial charge in [0.05, 0.1) is 6.61 Å². The molecule has 3 heteroatoms. The number of aliphatic hydroxyl groups is 1. The SMILES string of the molecule is CC1CC(NC(CO)Cc2ccccc2)CN1C. The molecule has 2 rings (SSSR count). The Balaban J connectivity index is 1.86. The van der Waals surface area contributed by atoms with Crippen LogP contribution in [0.3, 0.4) is 0 Å². The summed E-state index contributed by atoms with van der Waals surface area (Å²) in [5.74, 6) is 0. The van der Waals surface area contributed by atoms with Gasteiger partial charge in [-0.2, -0.15) is 0 Å². The molecule has 1 aromatic carbocycles. The second kappa shape index (κ2) is 6.32. The summed E-state index contributed by atoms with van der Waals surface area (Å²) in [4.78, 5) is 2.37. The lowest BCUT2D eigenvalue weighted by molar-refractivity contribution is 0.229. The molecule has 0 radical (unpaired) electrons. The van der Waals surface area contributed by atoms with Crippen molar-refractivity contribution >= 4 is 0 Å². The first-order valence-electron chi connectivity index (χ1n) is 6.80. The molecule has 1 fully saturated rings. The summed E-state index contributed by atoms with van der Waals surface area (Å²) in [5.41, 5.74) is 1.28. The van der Waals surface area contributed by atoms with Crippen molar-refractivity contribution in [1.82, 2.24) is 10.2 Å². The van der Waals surface area contributed by atoms with E-state index in [1.54, 1.807) is 0 Å². The molecule has 2 N–H and O–H groups in total. The Morgan fingerprint density at radius 2 is 2.11 bits per heavy atom. The maximum absolute atomic E-state index is 9.50. The van der Waals surface area contributed by atoms with Crippen LogP contribution in [0.1, 0.15) is 18.9 Å². The van der Waals surface area contributed by atoms with Crippen molar-refractivity contribution in [2.45, 2.75) is 37.9 Å². The zero-order valence-electron chi connectivity index (χ0n) is 11.3. The van der Waals surface area contributed by atoms with Crippen LogP contribution < -0.4 is 5.32 Å². The predicted molar refractivity (Wildman–Crippen MR) is 74.7 cm³/mol. The smallest absolute Gasteiger partial charge is 0.0587 e. The van der Waals surface area contributed by atoms with Gasteiger partial charge in [-0.25, -0.2) is 0 Å². The molecule has 3 nitrogen and oxygen atoms in total. The quantitative estimate of drug-likeness (QED) is 0.824. The minimum atomic E-state index is 0.163. The molecule has 1 aromatic rings. The monoisotopic (exact) mass is 248 g/mol. The first-order valence-corrected chi connectivity index (χ1v) is 6.80. The van der Waals surface area contributed by atoms with Gasteiger partial charge in [-0.15, -0.1) is 0 Å². The van der Waals surface area contributed by atoms with Gasteiger partial charge in [-0.05, 0) is 32.4 Å². The van der Waals surface area contributed by atoms with Crippen molar-refractivity contribution in [2.24, 2.45) is 0 Å². The minimum absolute atomic E-state index is 0.163. The Morgan fingerprint density at radius 1 is 1.39 bits per heavy atom. The number of hydrogen-bond acceptors (Lipinski definition) is 3. The lowest BCUT2D eigenvalue weighted by Gasteiger charge is -2.21. The zero-order valence-corrected chi connectivity index (χ0v) is 11.3. The molecule has 0 aliphatic carbocycles. The molecule has 0 bridgehead atoms. The summed E-state index contributed by atoms with van der Waals surface area (Å²) in [6, 6.07) is 11.7. The van der Waals surface area contributed by atoms with E-state index in [-0.39, 0.29) is 12.6 Å². The Kier molecular flexibility index (Phi) is 4.75. The van der Waals surface area contributed by atoms with Gasteiger partial charge in [0, 0.05) is 24.7 Å². The summed E-state index contributed by atoms with van der Waals surface area (Å²) in [6.07, 6.45) is 2.06. The number of aliphatic hydroxyl groups excluding tert-OH is 1. The maximum Gasteiger partial charge on any atom is 0.0587 e. The van der Waals surface area contributed by atoms with Gasteiger partial charge in [0.15, 0.2) is 0 Å². The fourth-order valence-corrected chi connectivity index (χ4v) is 2.72. The molecule has 1 aliphatic heterocycles. The third-order valence-electron chi connectivity index (χ3n) is 3.90. The van der Waals surface area contributed by atoms with Crippen LogP contribution in [-0.4, -0.2) is 48.3 Å². The van der Waals surface area contributed by atoms with Crippen LogP contribution in [-0.2, 0) is 6.42 Å². The summed E-state index contributed by atoms with van der Waals surface area (Å²) >= 11 is 0. The topological polar surface area (TPSA) is 35.5 Å². The number of rotatable bonds is 5. The van der Waals surface area contributed by atoms with Gasteiger partial charge in [0.2, 0.25) is 0 Å². The molecule has 1 saturated heterocycles. The lowest BCUT2D eigenvalue weighted by atomic mass is 10.0. The Labute approximate surface area is 110 Å².